The first kappa shape index (κ1) is 15.8. The first-order valence-corrected chi connectivity index (χ1v) is 8.23. The highest BCUT2D eigenvalue weighted by Gasteiger charge is 2.16. The fourth-order valence-corrected chi connectivity index (χ4v) is 3.00. The van der Waals surface area contributed by atoms with E-state index in [2.05, 4.69) is 4.72 Å². The number of rotatable bonds is 6. The normalized spacial score (nSPS) is 13.3. The largest absolute Gasteiger partial charge is 0.465 e. The maximum atomic E-state index is 12.2. The van der Waals surface area contributed by atoms with Gasteiger partial charge in [0.25, 0.3) is 0 Å². The Morgan fingerprint density at radius 1 is 1.29 bits per heavy atom. The van der Waals surface area contributed by atoms with Gasteiger partial charge in [0, 0.05) is 0 Å². The van der Waals surface area contributed by atoms with Crippen molar-refractivity contribution in [2.45, 2.75) is 37.8 Å². The third kappa shape index (κ3) is 3.93. The number of aliphatic hydroxyl groups excluding tert-OH is 1. The minimum absolute atomic E-state index is 0.0940. The predicted molar refractivity (Wildman–Crippen MR) is 79.2 cm³/mol. The number of hydrogen-bond acceptors (Lipinski definition) is 4. The van der Waals surface area contributed by atoms with Gasteiger partial charge in [-0.25, -0.2) is 13.1 Å². The molecule has 21 heavy (non-hydrogen) atoms. The van der Waals surface area contributed by atoms with Crippen LogP contribution in [0.3, 0.4) is 0 Å². The molecular formula is C15H19NO4S. The van der Waals surface area contributed by atoms with Gasteiger partial charge >= 0.3 is 0 Å². The Hall–Kier alpha value is -1.63. The predicted octanol–water partition coefficient (Wildman–Crippen LogP) is 2.51. The molecule has 5 nitrogen and oxygen atoms in total. The number of benzene rings is 1. The van der Waals surface area contributed by atoms with Gasteiger partial charge in [0.2, 0.25) is 10.0 Å². The van der Waals surface area contributed by atoms with Gasteiger partial charge in [0.15, 0.2) is 0 Å². The summed E-state index contributed by atoms with van der Waals surface area (Å²) in [5.41, 5.74) is 0.592. The molecular weight excluding hydrogens is 290 g/mol. The van der Waals surface area contributed by atoms with Crippen LogP contribution < -0.4 is 4.72 Å². The number of aliphatic hydroxyl groups is 1. The topological polar surface area (TPSA) is 79.5 Å². The lowest BCUT2D eigenvalue weighted by Crippen LogP contribution is -2.23. The van der Waals surface area contributed by atoms with Crippen molar-refractivity contribution in [3.8, 4) is 0 Å². The van der Waals surface area contributed by atoms with Crippen molar-refractivity contribution in [1.82, 2.24) is 4.72 Å². The van der Waals surface area contributed by atoms with Gasteiger partial charge in [0.1, 0.15) is 11.5 Å². The monoisotopic (exact) mass is 309 g/mol. The van der Waals surface area contributed by atoms with Crippen molar-refractivity contribution >= 4 is 10.0 Å². The van der Waals surface area contributed by atoms with Gasteiger partial charge in [-0.2, -0.15) is 0 Å². The average Bonchev–Trinajstić information content (AvgIpc) is 2.90. The Balaban J connectivity index is 2.15. The number of sulfonamides is 1. The molecule has 6 heteroatoms. The van der Waals surface area contributed by atoms with Crippen LogP contribution in [-0.4, -0.2) is 13.5 Å². The Kier molecular flexibility index (Phi) is 4.82. The summed E-state index contributed by atoms with van der Waals surface area (Å²) in [6, 6.07) is 9.84. The summed E-state index contributed by atoms with van der Waals surface area (Å²) in [5.74, 6) is 1.29. The van der Waals surface area contributed by atoms with E-state index in [4.69, 9.17) is 4.42 Å². The molecule has 1 unspecified atom stereocenters. The van der Waals surface area contributed by atoms with E-state index in [0.717, 1.165) is 5.76 Å². The molecule has 0 fully saturated rings. The van der Waals surface area contributed by atoms with E-state index < -0.39 is 16.1 Å². The van der Waals surface area contributed by atoms with Gasteiger partial charge in [-0.15, -0.1) is 0 Å². The van der Waals surface area contributed by atoms with Crippen molar-refractivity contribution in [1.29, 1.82) is 0 Å². The molecule has 0 aliphatic heterocycles. The zero-order valence-electron chi connectivity index (χ0n) is 12.0. The molecule has 2 aromatic rings. The van der Waals surface area contributed by atoms with Crippen molar-refractivity contribution < 1.29 is 17.9 Å². The molecule has 1 aromatic heterocycles. The van der Waals surface area contributed by atoms with Crippen molar-refractivity contribution in [3.05, 3.63) is 53.5 Å². The number of nitrogens with one attached hydrogen (secondary N) is 1. The molecule has 0 spiro atoms. The Morgan fingerprint density at radius 3 is 2.67 bits per heavy atom. The third-order valence-corrected chi connectivity index (χ3v) is 4.57. The summed E-state index contributed by atoms with van der Waals surface area (Å²) in [4.78, 5) is 0.135. The van der Waals surface area contributed by atoms with Gasteiger partial charge in [-0.1, -0.05) is 19.1 Å². The molecule has 0 amide bonds. The van der Waals surface area contributed by atoms with Gasteiger partial charge in [-0.3, -0.25) is 0 Å². The lowest BCUT2D eigenvalue weighted by Gasteiger charge is -2.11. The van der Waals surface area contributed by atoms with Gasteiger partial charge in [-0.05, 0) is 43.2 Å². The average molecular weight is 309 g/mol. The lowest BCUT2D eigenvalue weighted by molar-refractivity contribution is 0.173. The highest BCUT2D eigenvalue weighted by Crippen LogP contribution is 2.20. The van der Waals surface area contributed by atoms with E-state index in [1.807, 2.05) is 6.92 Å². The standard InChI is InChI=1S/C15H19NO4S/c1-3-15(17)12-5-4-6-14(9-12)21(18,19)16-10-13-8-7-11(2)20-13/h4-9,15-17H,3,10H2,1-2H3. The molecule has 114 valence electrons. The molecule has 0 aliphatic carbocycles. The SMILES string of the molecule is CCC(O)c1cccc(S(=O)(=O)NCc2ccc(C)o2)c1. The summed E-state index contributed by atoms with van der Waals surface area (Å²) in [6.07, 6.45) is -0.129. The van der Waals surface area contributed by atoms with Crippen LogP contribution in [0.1, 0.15) is 36.5 Å². The maximum Gasteiger partial charge on any atom is 0.240 e. The smallest absolute Gasteiger partial charge is 0.240 e. The summed E-state index contributed by atoms with van der Waals surface area (Å²) < 4.78 is 32.3. The maximum absolute atomic E-state index is 12.2. The number of hydrogen-bond donors (Lipinski definition) is 2. The van der Waals surface area contributed by atoms with Crippen LogP contribution in [0.4, 0.5) is 0 Å². The first-order chi connectivity index (χ1) is 9.92. The van der Waals surface area contributed by atoms with Crippen LogP contribution in [0.5, 0.6) is 0 Å². The van der Waals surface area contributed by atoms with Crippen LogP contribution in [-0.2, 0) is 16.6 Å². The fourth-order valence-electron chi connectivity index (χ4n) is 1.95. The second-order valence-corrected chi connectivity index (χ2v) is 6.60. The van der Waals surface area contributed by atoms with Crippen molar-refractivity contribution in [3.63, 3.8) is 0 Å². The van der Waals surface area contributed by atoms with Gasteiger partial charge in [0.05, 0.1) is 17.5 Å². The van der Waals surface area contributed by atoms with E-state index in [1.54, 1.807) is 31.2 Å². The molecule has 1 heterocycles. The van der Waals surface area contributed by atoms with Crippen LogP contribution in [0.25, 0.3) is 0 Å². The second-order valence-electron chi connectivity index (χ2n) is 4.83. The van der Waals surface area contributed by atoms with E-state index >= 15 is 0 Å². The van der Waals surface area contributed by atoms with E-state index in [9.17, 15) is 13.5 Å². The zero-order valence-corrected chi connectivity index (χ0v) is 12.9. The van der Waals surface area contributed by atoms with E-state index in [-0.39, 0.29) is 11.4 Å². The molecule has 2 rings (SSSR count). The van der Waals surface area contributed by atoms with Crippen LogP contribution in [0, 0.1) is 6.92 Å². The highest BCUT2D eigenvalue weighted by atomic mass is 32.2. The van der Waals surface area contributed by atoms with Crippen LogP contribution >= 0.6 is 0 Å². The minimum atomic E-state index is -3.63. The summed E-state index contributed by atoms with van der Waals surface area (Å²) >= 11 is 0. The Labute approximate surface area is 124 Å². The summed E-state index contributed by atoms with van der Waals surface area (Å²) in [5, 5.41) is 9.80. The quantitative estimate of drug-likeness (QED) is 0.859. The highest BCUT2D eigenvalue weighted by molar-refractivity contribution is 7.89. The van der Waals surface area contributed by atoms with E-state index in [0.29, 0.717) is 17.7 Å². The number of aryl methyl sites for hydroxylation is 1. The molecule has 1 aromatic carbocycles. The van der Waals surface area contributed by atoms with Crippen LogP contribution in [0.15, 0.2) is 45.7 Å². The molecule has 0 aliphatic rings. The van der Waals surface area contributed by atoms with Crippen molar-refractivity contribution in [2.24, 2.45) is 0 Å². The van der Waals surface area contributed by atoms with Crippen LogP contribution in [0.2, 0.25) is 0 Å². The summed E-state index contributed by atoms with van der Waals surface area (Å²) in [6.45, 7) is 3.73. The van der Waals surface area contributed by atoms with Gasteiger partial charge < -0.3 is 9.52 Å². The fraction of sp³-hybridized carbons (Fsp3) is 0.333. The second kappa shape index (κ2) is 6.43. The zero-order chi connectivity index (χ0) is 15.5. The Bertz CT molecular complexity index is 706. The molecule has 1 atom stereocenters. The molecule has 0 saturated heterocycles. The first-order valence-electron chi connectivity index (χ1n) is 6.75. The molecule has 0 radical (unpaired) electrons. The third-order valence-electron chi connectivity index (χ3n) is 3.17. The Morgan fingerprint density at radius 2 is 2.05 bits per heavy atom. The summed E-state index contributed by atoms with van der Waals surface area (Å²) in [7, 11) is -3.63. The lowest BCUT2D eigenvalue weighted by atomic mass is 10.1. The van der Waals surface area contributed by atoms with E-state index in [1.165, 1.54) is 12.1 Å². The molecule has 0 saturated carbocycles. The van der Waals surface area contributed by atoms with Crippen molar-refractivity contribution in [2.75, 3.05) is 0 Å². The number of furan rings is 1. The minimum Gasteiger partial charge on any atom is -0.465 e. The molecule has 2 N–H and O–H groups in total. The molecule has 0 bridgehead atoms.